The van der Waals surface area contributed by atoms with E-state index < -0.39 is 36.0 Å². The molecule has 0 aliphatic heterocycles. The van der Waals surface area contributed by atoms with Crippen molar-refractivity contribution in [2.24, 2.45) is 11.5 Å². The molecule has 0 fully saturated rings. The van der Waals surface area contributed by atoms with Crippen molar-refractivity contribution in [3.05, 3.63) is 59.7 Å². The van der Waals surface area contributed by atoms with Crippen LogP contribution in [0.3, 0.4) is 0 Å². The molecule has 2 atom stereocenters. The van der Waals surface area contributed by atoms with E-state index in [1.165, 1.54) is 38.1 Å². The van der Waals surface area contributed by atoms with Crippen LogP contribution in [-0.4, -0.2) is 36.0 Å². The molecule has 0 saturated heterocycles. The predicted octanol–water partition coefficient (Wildman–Crippen LogP) is 1.54. The molecule has 29 heavy (non-hydrogen) atoms. The smallest absolute Gasteiger partial charge is 0.338 e. The highest BCUT2D eigenvalue weighted by atomic mass is 16.6. The highest BCUT2D eigenvalue weighted by Crippen LogP contribution is 2.23. The zero-order chi connectivity index (χ0) is 21.6. The average Bonchev–Trinajstić information content (AvgIpc) is 2.68. The highest BCUT2D eigenvalue weighted by Gasteiger charge is 2.17. The molecule has 2 aromatic rings. The van der Waals surface area contributed by atoms with Crippen molar-refractivity contribution in [3.8, 4) is 11.5 Å². The third kappa shape index (κ3) is 6.06. The molecule has 0 unspecified atom stereocenters. The lowest BCUT2D eigenvalue weighted by molar-refractivity contribution is -0.126. The summed E-state index contributed by atoms with van der Waals surface area (Å²) in [6.45, 7) is 2.76. The van der Waals surface area contributed by atoms with Crippen molar-refractivity contribution in [2.45, 2.75) is 26.1 Å². The van der Waals surface area contributed by atoms with Crippen LogP contribution >= 0.6 is 0 Å². The lowest BCUT2D eigenvalue weighted by Crippen LogP contribution is -2.30. The van der Waals surface area contributed by atoms with E-state index in [1.807, 2.05) is 0 Å². The number of benzene rings is 2. The fourth-order valence-corrected chi connectivity index (χ4v) is 2.03. The molecule has 2 aromatic carbocycles. The number of hydrogen-bond acceptors (Lipinski definition) is 7. The molecule has 2 rings (SSSR count). The van der Waals surface area contributed by atoms with Crippen LogP contribution in [0.2, 0.25) is 0 Å². The highest BCUT2D eigenvalue weighted by molar-refractivity contribution is 5.92. The van der Waals surface area contributed by atoms with Crippen molar-refractivity contribution in [1.82, 2.24) is 0 Å². The van der Waals surface area contributed by atoms with Crippen LogP contribution in [0.15, 0.2) is 48.5 Å². The molecule has 0 radical (unpaired) electrons. The molecule has 0 spiro atoms. The van der Waals surface area contributed by atoms with Gasteiger partial charge in [0, 0.05) is 0 Å². The Morgan fingerprint density at radius 3 is 1.24 bits per heavy atom. The van der Waals surface area contributed by atoms with Crippen LogP contribution in [0.1, 0.15) is 34.6 Å². The Bertz CT molecular complexity index is 832. The summed E-state index contributed by atoms with van der Waals surface area (Å²) in [5, 5.41) is 0. The first-order valence-corrected chi connectivity index (χ1v) is 8.56. The van der Waals surface area contributed by atoms with Crippen molar-refractivity contribution < 1.29 is 33.4 Å². The number of hydrogen-bond donors (Lipinski definition) is 2. The van der Waals surface area contributed by atoms with Gasteiger partial charge >= 0.3 is 11.9 Å². The van der Waals surface area contributed by atoms with Gasteiger partial charge < -0.3 is 25.7 Å². The summed E-state index contributed by atoms with van der Waals surface area (Å²) in [5.41, 5.74) is 10.6. The maximum Gasteiger partial charge on any atom is 0.338 e. The lowest BCUT2D eigenvalue weighted by atomic mass is 10.2. The summed E-state index contributed by atoms with van der Waals surface area (Å²) in [6, 6.07) is 12.1. The molecule has 0 aliphatic rings. The van der Waals surface area contributed by atoms with Gasteiger partial charge in [-0.15, -0.1) is 0 Å². The van der Waals surface area contributed by atoms with Crippen LogP contribution in [0.25, 0.3) is 0 Å². The molecule has 152 valence electrons. The molecule has 9 heteroatoms. The van der Waals surface area contributed by atoms with Crippen molar-refractivity contribution in [3.63, 3.8) is 0 Å². The summed E-state index contributed by atoms with van der Waals surface area (Å²) < 4.78 is 15.4. The van der Waals surface area contributed by atoms with E-state index in [4.69, 9.17) is 25.7 Å². The maximum atomic E-state index is 11.9. The summed E-state index contributed by atoms with van der Waals surface area (Å²) in [4.78, 5) is 45.7. The van der Waals surface area contributed by atoms with E-state index in [9.17, 15) is 19.2 Å². The molecule has 2 amide bonds. The molecular formula is C20H20N2O7. The largest absolute Gasteiger partial charge is 0.457 e. The van der Waals surface area contributed by atoms with E-state index in [0.29, 0.717) is 11.5 Å². The number of amides is 2. The topological polar surface area (TPSA) is 148 Å². The molecule has 9 nitrogen and oxygen atoms in total. The van der Waals surface area contributed by atoms with Gasteiger partial charge in [0.2, 0.25) is 0 Å². The summed E-state index contributed by atoms with van der Waals surface area (Å²) in [7, 11) is 0. The van der Waals surface area contributed by atoms with Crippen LogP contribution in [0.4, 0.5) is 0 Å². The lowest BCUT2D eigenvalue weighted by Gasteiger charge is -2.11. The zero-order valence-electron chi connectivity index (χ0n) is 15.8. The number of carbonyl (C=O) groups is 4. The first-order chi connectivity index (χ1) is 13.7. The van der Waals surface area contributed by atoms with Gasteiger partial charge in [-0.05, 0) is 62.4 Å². The minimum atomic E-state index is -1.03. The first kappa shape index (κ1) is 21.4. The van der Waals surface area contributed by atoms with Gasteiger partial charge in [-0.1, -0.05) is 0 Å². The molecule has 0 aliphatic carbocycles. The monoisotopic (exact) mass is 400 g/mol. The Kier molecular flexibility index (Phi) is 6.91. The Balaban J connectivity index is 1.98. The van der Waals surface area contributed by atoms with E-state index in [-0.39, 0.29) is 11.1 Å². The summed E-state index contributed by atoms with van der Waals surface area (Å²) >= 11 is 0. The average molecular weight is 400 g/mol. The molecule has 0 aromatic heterocycles. The minimum Gasteiger partial charge on any atom is -0.457 e. The number of primary amides is 2. The number of carbonyl (C=O) groups excluding carboxylic acids is 4. The van der Waals surface area contributed by atoms with Gasteiger partial charge in [-0.25, -0.2) is 9.59 Å². The number of esters is 2. The third-order valence-corrected chi connectivity index (χ3v) is 3.78. The van der Waals surface area contributed by atoms with Crippen LogP contribution in [-0.2, 0) is 19.1 Å². The number of ether oxygens (including phenoxy) is 3. The molecular weight excluding hydrogens is 380 g/mol. The Labute approximate surface area is 166 Å². The van der Waals surface area contributed by atoms with Gasteiger partial charge in [0.05, 0.1) is 11.1 Å². The second-order valence-electron chi connectivity index (χ2n) is 6.05. The van der Waals surface area contributed by atoms with Crippen molar-refractivity contribution in [1.29, 1.82) is 0 Å². The van der Waals surface area contributed by atoms with E-state index in [1.54, 1.807) is 24.3 Å². The second kappa shape index (κ2) is 9.36. The van der Waals surface area contributed by atoms with Gasteiger partial charge in [-0.2, -0.15) is 0 Å². The summed E-state index contributed by atoms with van der Waals surface area (Å²) in [6.07, 6.45) is -2.07. The Morgan fingerprint density at radius 2 is 0.966 bits per heavy atom. The van der Waals surface area contributed by atoms with E-state index >= 15 is 0 Å². The Hall–Kier alpha value is -3.88. The quantitative estimate of drug-likeness (QED) is 0.638. The van der Waals surface area contributed by atoms with Crippen molar-refractivity contribution in [2.75, 3.05) is 0 Å². The normalized spacial score (nSPS) is 12.3. The van der Waals surface area contributed by atoms with E-state index in [0.717, 1.165) is 0 Å². The molecule has 0 bridgehead atoms. The number of rotatable bonds is 8. The minimum absolute atomic E-state index is 0.229. The van der Waals surface area contributed by atoms with E-state index in [2.05, 4.69) is 0 Å². The fourth-order valence-electron chi connectivity index (χ4n) is 2.03. The van der Waals surface area contributed by atoms with Gasteiger partial charge in [0.15, 0.2) is 12.2 Å². The molecule has 0 saturated carbocycles. The van der Waals surface area contributed by atoms with Gasteiger partial charge in [0.25, 0.3) is 11.8 Å². The molecule has 0 heterocycles. The molecule has 4 N–H and O–H groups in total. The Morgan fingerprint density at radius 1 is 0.655 bits per heavy atom. The maximum absolute atomic E-state index is 11.9. The SMILES string of the molecule is C[C@H](OC(=O)c1ccc(Oc2ccc(C(=O)O[C@H](C)C(N)=O)cc2)cc1)C(N)=O. The fraction of sp³-hybridized carbons (Fsp3) is 0.200. The van der Waals surface area contributed by atoms with Crippen LogP contribution < -0.4 is 16.2 Å². The predicted molar refractivity (Wildman–Crippen MR) is 101 cm³/mol. The van der Waals surface area contributed by atoms with Gasteiger partial charge in [-0.3, -0.25) is 9.59 Å². The van der Waals surface area contributed by atoms with Crippen LogP contribution in [0.5, 0.6) is 11.5 Å². The standard InChI is InChI=1S/C20H20N2O7/c1-11(17(21)23)27-19(25)13-3-7-15(8-4-13)29-16-9-5-14(6-10-16)20(26)28-12(2)18(22)24/h3-12H,1-2H3,(H2,21,23)(H2,22,24)/t11-,12+. The number of nitrogens with two attached hydrogens (primary N) is 2. The zero-order valence-corrected chi connectivity index (χ0v) is 15.8. The second-order valence-corrected chi connectivity index (χ2v) is 6.05. The summed E-state index contributed by atoms with van der Waals surface area (Å²) in [5.74, 6) is -1.99. The first-order valence-electron chi connectivity index (χ1n) is 8.56. The van der Waals surface area contributed by atoms with Crippen LogP contribution in [0, 0.1) is 0 Å². The van der Waals surface area contributed by atoms with Crippen molar-refractivity contribution >= 4 is 23.8 Å². The third-order valence-electron chi connectivity index (χ3n) is 3.78. The van der Waals surface area contributed by atoms with Gasteiger partial charge in [0.1, 0.15) is 11.5 Å².